The molecule has 1 heterocycles. The molecule has 2 aromatic rings. The highest BCUT2D eigenvalue weighted by atomic mass is 32.1. The fourth-order valence-corrected chi connectivity index (χ4v) is 4.30. The molecule has 0 bridgehead atoms. The minimum atomic E-state index is -0.467. The summed E-state index contributed by atoms with van der Waals surface area (Å²) in [5, 5.41) is 6.36. The van der Waals surface area contributed by atoms with E-state index >= 15 is 0 Å². The van der Waals surface area contributed by atoms with Crippen LogP contribution in [0.3, 0.4) is 0 Å². The van der Waals surface area contributed by atoms with Crippen molar-refractivity contribution in [2.75, 3.05) is 11.9 Å². The lowest BCUT2D eigenvalue weighted by Crippen LogP contribution is -2.39. The van der Waals surface area contributed by atoms with Gasteiger partial charge in [-0.25, -0.2) is 4.39 Å². The molecule has 1 aliphatic carbocycles. The van der Waals surface area contributed by atoms with Gasteiger partial charge >= 0.3 is 0 Å². The maximum absolute atomic E-state index is 13.3. The molecule has 5 nitrogen and oxygen atoms in total. The largest absolute Gasteiger partial charge is 0.348 e. The Morgan fingerprint density at radius 2 is 2.08 bits per heavy atom. The third-order valence-corrected chi connectivity index (χ3v) is 5.88. The number of amides is 2. The number of benzene rings is 1. The molecule has 4 N–H and O–H groups in total. The average Bonchev–Trinajstić information content (AvgIpc) is 3.20. The van der Waals surface area contributed by atoms with Crippen molar-refractivity contribution in [2.45, 2.75) is 32.2 Å². The lowest BCUT2D eigenvalue weighted by molar-refractivity contribution is 0.0931. The minimum absolute atomic E-state index is 0.110. The third kappa shape index (κ3) is 4.11. The number of thiophene rings is 1. The van der Waals surface area contributed by atoms with Crippen LogP contribution in [0.2, 0.25) is 0 Å². The summed E-state index contributed by atoms with van der Waals surface area (Å²) < 4.78 is 13.3. The molecule has 138 valence electrons. The van der Waals surface area contributed by atoms with Crippen LogP contribution in [0.4, 0.5) is 9.39 Å². The van der Waals surface area contributed by atoms with E-state index in [9.17, 15) is 14.0 Å². The molecule has 26 heavy (non-hydrogen) atoms. The number of hydrogen-bond donors (Lipinski definition) is 3. The SMILES string of the molecule is Cc1cc(NC(=O)c2cccc(F)c2)sc1C(=O)NC1CCCC1CN. The third-order valence-electron chi connectivity index (χ3n) is 4.73. The fourth-order valence-electron chi connectivity index (χ4n) is 3.33. The summed E-state index contributed by atoms with van der Waals surface area (Å²) in [4.78, 5) is 25.4. The van der Waals surface area contributed by atoms with Gasteiger partial charge in [-0.3, -0.25) is 9.59 Å². The normalized spacial score (nSPS) is 19.3. The Morgan fingerprint density at radius 3 is 2.81 bits per heavy atom. The number of hydrogen-bond acceptors (Lipinski definition) is 4. The van der Waals surface area contributed by atoms with Crippen molar-refractivity contribution in [3.63, 3.8) is 0 Å². The van der Waals surface area contributed by atoms with E-state index in [1.54, 1.807) is 12.1 Å². The molecule has 2 amide bonds. The van der Waals surface area contributed by atoms with Gasteiger partial charge < -0.3 is 16.4 Å². The first-order valence-electron chi connectivity index (χ1n) is 8.66. The van der Waals surface area contributed by atoms with Gasteiger partial charge in [-0.05, 0) is 62.1 Å². The minimum Gasteiger partial charge on any atom is -0.348 e. The lowest BCUT2D eigenvalue weighted by atomic mass is 10.0. The summed E-state index contributed by atoms with van der Waals surface area (Å²) >= 11 is 1.22. The highest BCUT2D eigenvalue weighted by Crippen LogP contribution is 2.29. The Bertz CT molecular complexity index is 821. The number of carbonyl (C=O) groups excluding carboxylic acids is 2. The second-order valence-corrected chi connectivity index (χ2v) is 7.65. The average molecular weight is 375 g/mol. The standard InChI is InChI=1S/C19H22FN3O2S/c1-11-8-16(23-18(24)12-4-2-6-14(20)9-12)26-17(11)19(25)22-15-7-3-5-13(15)10-21/h2,4,6,8-9,13,15H,3,5,7,10,21H2,1H3,(H,22,25)(H,23,24). The van der Waals surface area contributed by atoms with Crippen LogP contribution < -0.4 is 16.4 Å². The van der Waals surface area contributed by atoms with E-state index in [0.717, 1.165) is 24.8 Å². The Labute approximate surface area is 155 Å². The molecular weight excluding hydrogens is 353 g/mol. The van der Waals surface area contributed by atoms with Crippen LogP contribution in [-0.4, -0.2) is 24.4 Å². The number of halogens is 1. The summed E-state index contributed by atoms with van der Waals surface area (Å²) in [5.41, 5.74) is 6.80. The number of aryl methyl sites for hydroxylation is 1. The van der Waals surface area contributed by atoms with E-state index < -0.39 is 11.7 Å². The first kappa shape index (κ1) is 18.5. The van der Waals surface area contributed by atoms with Gasteiger partial charge in [0.25, 0.3) is 11.8 Å². The van der Waals surface area contributed by atoms with E-state index in [2.05, 4.69) is 10.6 Å². The van der Waals surface area contributed by atoms with Crippen LogP contribution in [0.15, 0.2) is 30.3 Å². The molecule has 0 aliphatic heterocycles. The summed E-state index contributed by atoms with van der Waals surface area (Å²) in [6.45, 7) is 2.40. The molecule has 1 saturated carbocycles. The van der Waals surface area contributed by atoms with Crippen molar-refractivity contribution in [3.8, 4) is 0 Å². The van der Waals surface area contributed by atoms with Crippen LogP contribution in [0.25, 0.3) is 0 Å². The Morgan fingerprint density at radius 1 is 1.27 bits per heavy atom. The molecule has 3 rings (SSSR count). The molecule has 0 radical (unpaired) electrons. The quantitative estimate of drug-likeness (QED) is 0.750. The maximum Gasteiger partial charge on any atom is 0.261 e. The smallest absolute Gasteiger partial charge is 0.261 e. The molecule has 1 aliphatic rings. The van der Waals surface area contributed by atoms with Gasteiger partial charge in [0.1, 0.15) is 5.82 Å². The molecule has 7 heteroatoms. The van der Waals surface area contributed by atoms with Crippen molar-refractivity contribution >= 4 is 28.2 Å². The first-order chi connectivity index (χ1) is 12.5. The van der Waals surface area contributed by atoms with E-state index in [0.29, 0.717) is 22.3 Å². The van der Waals surface area contributed by atoms with Crippen molar-refractivity contribution < 1.29 is 14.0 Å². The van der Waals surface area contributed by atoms with E-state index in [-0.39, 0.29) is 17.5 Å². The van der Waals surface area contributed by atoms with E-state index in [1.807, 2.05) is 6.92 Å². The molecule has 0 saturated heterocycles. The molecule has 2 unspecified atom stereocenters. The van der Waals surface area contributed by atoms with Crippen LogP contribution >= 0.6 is 11.3 Å². The number of nitrogens with two attached hydrogens (primary N) is 1. The second kappa shape index (κ2) is 7.97. The number of rotatable bonds is 5. The van der Waals surface area contributed by atoms with Crippen molar-refractivity contribution in [1.82, 2.24) is 5.32 Å². The van der Waals surface area contributed by atoms with Crippen LogP contribution in [-0.2, 0) is 0 Å². The van der Waals surface area contributed by atoms with Gasteiger partial charge in [0, 0.05) is 11.6 Å². The van der Waals surface area contributed by atoms with Crippen molar-refractivity contribution in [3.05, 3.63) is 52.2 Å². The second-order valence-electron chi connectivity index (χ2n) is 6.59. The molecule has 1 fully saturated rings. The molecule has 1 aromatic carbocycles. The van der Waals surface area contributed by atoms with E-state index in [1.165, 1.54) is 29.5 Å². The van der Waals surface area contributed by atoms with Crippen LogP contribution in [0, 0.1) is 18.7 Å². The van der Waals surface area contributed by atoms with Gasteiger partial charge in [0.05, 0.1) is 9.88 Å². The monoisotopic (exact) mass is 375 g/mol. The van der Waals surface area contributed by atoms with Crippen LogP contribution in [0.1, 0.15) is 44.9 Å². The first-order valence-corrected chi connectivity index (χ1v) is 9.48. The van der Waals surface area contributed by atoms with Crippen molar-refractivity contribution in [1.29, 1.82) is 0 Å². The number of anilines is 1. The Balaban J connectivity index is 1.68. The van der Waals surface area contributed by atoms with Crippen LogP contribution in [0.5, 0.6) is 0 Å². The number of carbonyl (C=O) groups is 2. The van der Waals surface area contributed by atoms with Gasteiger partial charge in [-0.1, -0.05) is 12.5 Å². The molecule has 0 spiro atoms. The van der Waals surface area contributed by atoms with Crippen molar-refractivity contribution in [2.24, 2.45) is 11.7 Å². The summed E-state index contributed by atoms with van der Waals surface area (Å²) in [6.07, 6.45) is 3.06. The zero-order chi connectivity index (χ0) is 18.7. The Hall–Kier alpha value is -2.25. The van der Waals surface area contributed by atoms with Gasteiger partial charge in [-0.15, -0.1) is 11.3 Å². The highest BCUT2D eigenvalue weighted by molar-refractivity contribution is 7.18. The zero-order valence-corrected chi connectivity index (χ0v) is 15.4. The van der Waals surface area contributed by atoms with Gasteiger partial charge in [0.15, 0.2) is 0 Å². The zero-order valence-electron chi connectivity index (χ0n) is 14.5. The topological polar surface area (TPSA) is 84.2 Å². The Kier molecular flexibility index (Phi) is 5.68. The molecule has 2 atom stereocenters. The number of nitrogens with one attached hydrogen (secondary N) is 2. The molecule has 1 aromatic heterocycles. The predicted octanol–water partition coefficient (Wildman–Crippen LogP) is 3.31. The van der Waals surface area contributed by atoms with Gasteiger partial charge in [0.2, 0.25) is 0 Å². The predicted molar refractivity (Wildman–Crippen MR) is 101 cm³/mol. The summed E-state index contributed by atoms with van der Waals surface area (Å²) in [6, 6.07) is 7.35. The van der Waals surface area contributed by atoms with E-state index in [4.69, 9.17) is 5.73 Å². The molecular formula is C19H22FN3O2S. The summed E-state index contributed by atoms with van der Waals surface area (Å²) in [5.74, 6) is -0.682. The highest BCUT2D eigenvalue weighted by Gasteiger charge is 2.28. The lowest BCUT2D eigenvalue weighted by Gasteiger charge is -2.19. The maximum atomic E-state index is 13.3. The summed E-state index contributed by atoms with van der Waals surface area (Å²) in [7, 11) is 0. The van der Waals surface area contributed by atoms with Gasteiger partial charge in [-0.2, -0.15) is 0 Å². The fraction of sp³-hybridized carbons (Fsp3) is 0.368.